The van der Waals surface area contributed by atoms with E-state index in [1.54, 1.807) is 11.3 Å². The van der Waals surface area contributed by atoms with Gasteiger partial charge in [0.2, 0.25) is 0 Å². The van der Waals surface area contributed by atoms with Crippen LogP contribution in [0.15, 0.2) is 11.6 Å². The molecule has 2 N–H and O–H groups in total. The third-order valence-corrected chi connectivity index (χ3v) is 3.70. The minimum Gasteiger partial charge on any atom is -0.326 e. The number of thiazole rings is 1. The van der Waals surface area contributed by atoms with Crippen molar-refractivity contribution in [3.05, 3.63) is 16.6 Å². The van der Waals surface area contributed by atoms with Crippen molar-refractivity contribution in [2.45, 2.75) is 38.4 Å². The molecule has 0 bridgehead atoms. The van der Waals surface area contributed by atoms with Crippen molar-refractivity contribution in [3.63, 3.8) is 0 Å². The molecule has 0 amide bonds. The van der Waals surface area contributed by atoms with E-state index in [1.807, 2.05) is 11.6 Å². The molecule has 0 aromatic carbocycles. The molecule has 1 aliphatic heterocycles. The third kappa shape index (κ3) is 1.69. The summed E-state index contributed by atoms with van der Waals surface area (Å²) < 4.78 is 0. The first-order valence-corrected chi connectivity index (χ1v) is 5.99. The highest BCUT2D eigenvalue weighted by Crippen LogP contribution is 2.33. The van der Waals surface area contributed by atoms with Crippen LogP contribution in [-0.2, 0) is 0 Å². The van der Waals surface area contributed by atoms with Crippen molar-refractivity contribution in [2.24, 2.45) is 5.73 Å². The predicted molar refractivity (Wildman–Crippen MR) is 59.3 cm³/mol. The molecule has 1 aliphatic rings. The second-order valence-electron chi connectivity index (χ2n) is 4.10. The minimum atomic E-state index is 0.253. The Bertz CT molecular complexity index is 284. The zero-order valence-corrected chi connectivity index (χ0v) is 9.50. The summed E-state index contributed by atoms with van der Waals surface area (Å²) in [7, 11) is 0. The van der Waals surface area contributed by atoms with Gasteiger partial charge in [0, 0.05) is 30.2 Å². The van der Waals surface area contributed by atoms with Gasteiger partial charge in [-0.15, -0.1) is 11.3 Å². The van der Waals surface area contributed by atoms with Gasteiger partial charge in [0.25, 0.3) is 0 Å². The minimum absolute atomic E-state index is 0.253. The van der Waals surface area contributed by atoms with Gasteiger partial charge in [-0.25, -0.2) is 4.98 Å². The van der Waals surface area contributed by atoms with Gasteiger partial charge in [0.1, 0.15) is 5.01 Å². The Morgan fingerprint density at radius 1 is 1.64 bits per heavy atom. The van der Waals surface area contributed by atoms with E-state index >= 15 is 0 Å². The molecule has 0 radical (unpaired) electrons. The smallest absolute Gasteiger partial charge is 0.111 e. The van der Waals surface area contributed by atoms with Crippen LogP contribution in [0.5, 0.6) is 0 Å². The molecule has 4 heteroatoms. The second-order valence-corrected chi connectivity index (χ2v) is 5.03. The fraction of sp³-hybridized carbons (Fsp3) is 0.700. The van der Waals surface area contributed by atoms with Gasteiger partial charge in [0.05, 0.1) is 6.04 Å². The van der Waals surface area contributed by atoms with Crippen molar-refractivity contribution in [1.29, 1.82) is 0 Å². The number of nitrogens with two attached hydrogens (primary N) is 1. The molecule has 1 saturated heterocycles. The highest BCUT2D eigenvalue weighted by Gasteiger charge is 2.35. The van der Waals surface area contributed by atoms with Gasteiger partial charge < -0.3 is 5.73 Å². The van der Waals surface area contributed by atoms with Gasteiger partial charge in [-0.05, 0) is 20.3 Å². The molecule has 1 fully saturated rings. The Morgan fingerprint density at radius 2 is 2.43 bits per heavy atom. The summed E-state index contributed by atoms with van der Waals surface area (Å²) in [5.41, 5.74) is 6.12. The average Bonchev–Trinajstić information content (AvgIpc) is 2.71. The molecule has 2 heterocycles. The molecule has 0 unspecified atom stereocenters. The van der Waals surface area contributed by atoms with Crippen LogP contribution in [-0.4, -0.2) is 28.5 Å². The summed E-state index contributed by atoms with van der Waals surface area (Å²) in [5.74, 6) is 0. The van der Waals surface area contributed by atoms with Crippen LogP contribution in [0, 0.1) is 0 Å². The lowest BCUT2D eigenvalue weighted by Crippen LogP contribution is -2.35. The number of rotatable bonds is 2. The van der Waals surface area contributed by atoms with Crippen LogP contribution in [0.25, 0.3) is 0 Å². The van der Waals surface area contributed by atoms with E-state index in [9.17, 15) is 0 Å². The molecule has 14 heavy (non-hydrogen) atoms. The maximum absolute atomic E-state index is 6.12. The van der Waals surface area contributed by atoms with Crippen LogP contribution in [0.2, 0.25) is 0 Å². The summed E-state index contributed by atoms with van der Waals surface area (Å²) >= 11 is 1.71. The molecule has 2 atom stereocenters. The lowest BCUT2D eigenvalue weighted by atomic mass is 10.1. The number of aromatic nitrogens is 1. The van der Waals surface area contributed by atoms with Crippen molar-refractivity contribution >= 4 is 11.3 Å². The SMILES string of the molecule is CC(C)N1CC[C@@H](N)[C@@H]1c1nccs1. The highest BCUT2D eigenvalue weighted by molar-refractivity contribution is 7.09. The quantitative estimate of drug-likeness (QED) is 0.808. The van der Waals surface area contributed by atoms with Crippen molar-refractivity contribution < 1.29 is 0 Å². The van der Waals surface area contributed by atoms with Crippen molar-refractivity contribution in [1.82, 2.24) is 9.88 Å². The molecular formula is C10H17N3S. The fourth-order valence-electron chi connectivity index (χ4n) is 2.13. The first-order valence-electron chi connectivity index (χ1n) is 5.11. The van der Waals surface area contributed by atoms with Crippen molar-refractivity contribution in [2.75, 3.05) is 6.54 Å². The Kier molecular flexibility index (Phi) is 2.85. The van der Waals surface area contributed by atoms with E-state index in [4.69, 9.17) is 5.73 Å². The topological polar surface area (TPSA) is 42.1 Å². The third-order valence-electron chi connectivity index (χ3n) is 2.85. The number of hydrogen-bond donors (Lipinski definition) is 1. The highest BCUT2D eigenvalue weighted by atomic mass is 32.1. The molecule has 3 nitrogen and oxygen atoms in total. The van der Waals surface area contributed by atoms with E-state index in [-0.39, 0.29) is 6.04 Å². The summed E-state index contributed by atoms with van der Waals surface area (Å²) in [6.45, 7) is 5.54. The summed E-state index contributed by atoms with van der Waals surface area (Å²) in [6.07, 6.45) is 2.95. The van der Waals surface area contributed by atoms with Crippen molar-refractivity contribution in [3.8, 4) is 0 Å². The maximum Gasteiger partial charge on any atom is 0.111 e. The summed E-state index contributed by atoms with van der Waals surface area (Å²) in [4.78, 5) is 6.83. The van der Waals surface area contributed by atoms with E-state index in [0.717, 1.165) is 13.0 Å². The molecule has 2 rings (SSSR count). The molecular weight excluding hydrogens is 194 g/mol. The van der Waals surface area contributed by atoms with Crippen LogP contribution in [0.3, 0.4) is 0 Å². The maximum atomic E-state index is 6.12. The lowest BCUT2D eigenvalue weighted by molar-refractivity contribution is 0.198. The zero-order valence-electron chi connectivity index (χ0n) is 8.68. The number of likely N-dealkylation sites (tertiary alicyclic amines) is 1. The van der Waals surface area contributed by atoms with E-state index < -0.39 is 0 Å². The Morgan fingerprint density at radius 3 is 3.00 bits per heavy atom. The van der Waals surface area contributed by atoms with Gasteiger partial charge >= 0.3 is 0 Å². The second kappa shape index (κ2) is 3.96. The first kappa shape index (κ1) is 10.1. The molecule has 0 aliphatic carbocycles. The van der Waals surface area contributed by atoms with Gasteiger partial charge in [-0.2, -0.15) is 0 Å². The van der Waals surface area contributed by atoms with E-state index in [2.05, 4.69) is 23.7 Å². The van der Waals surface area contributed by atoms with Crippen LogP contribution < -0.4 is 5.73 Å². The van der Waals surface area contributed by atoms with Crippen LogP contribution >= 0.6 is 11.3 Å². The molecule has 0 spiro atoms. The van der Waals surface area contributed by atoms with Gasteiger partial charge in [0.15, 0.2) is 0 Å². The summed E-state index contributed by atoms with van der Waals surface area (Å²) in [5, 5.41) is 3.20. The Labute approximate surface area is 88.9 Å². The first-order chi connectivity index (χ1) is 6.70. The van der Waals surface area contributed by atoms with Crippen LogP contribution in [0.4, 0.5) is 0 Å². The monoisotopic (exact) mass is 211 g/mol. The Balaban J connectivity index is 2.22. The van der Waals surface area contributed by atoms with Gasteiger partial charge in [-0.3, -0.25) is 4.90 Å². The lowest BCUT2D eigenvalue weighted by Gasteiger charge is -2.28. The number of nitrogens with zero attached hydrogens (tertiary/aromatic N) is 2. The molecule has 1 aromatic heterocycles. The standard InChI is InChI=1S/C10H17N3S/c1-7(2)13-5-3-8(11)9(13)10-12-4-6-14-10/h4,6-9H,3,5,11H2,1-2H3/t8-,9-/m1/s1. The molecule has 78 valence electrons. The fourth-order valence-corrected chi connectivity index (χ4v) is 2.96. The molecule has 1 aromatic rings. The normalized spacial score (nSPS) is 28.9. The van der Waals surface area contributed by atoms with E-state index in [0.29, 0.717) is 12.1 Å². The average molecular weight is 211 g/mol. The molecule has 0 saturated carbocycles. The predicted octanol–water partition coefficient (Wildman–Crippen LogP) is 1.63. The largest absolute Gasteiger partial charge is 0.326 e. The van der Waals surface area contributed by atoms with Crippen LogP contribution in [0.1, 0.15) is 31.3 Å². The van der Waals surface area contributed by atoms with E-state index in [1.165, 1.54) is 5.01 Å². The zero-order chi connectivity index (χ0) is 10.1. The Hall–Kier alpha value is -0.450. The van der Waals surface area contributed by atoms with Gasteiger partial charge in [-0.1, -0.05) is 0 Å². The summed E-state index contributed by atoms with van der Waals surface area (Å²) in [6, 6.07) is 1.15. The number of hydrogen-bond acceptors (Lipinski definition) is 4.